The molecule has 4 rings (SSSR count). The van der Waals surface area contributed by atoms with Crippen molar-refractivity contribution < 1.29 is 19.0 Å². The lowest BCUT2D eigenvalue weighted by Crippen LogP contribution is -2.23. The van der Waals surface area contributed by atoms with Crippen LogP contribution in [0.5, 0.6) is 17.2 Å². The summed E-state index contributed by atoms with van der Waals surface area (Å²) in [4.78, 5) is 16.5. The maximum atomic E-state index is 12.1. The molecule has 0 spiro atoms. The highest BCUT2D eigenvalue weighted by Crippen LogP contribution is 2.32. The number of ether oxygens (including phenoxy) is 3. The van der Waals surface area contributed by atoms with E-state index in [1.165, 1.54) is 0 Å². The summed E-state index contributed by atoms with van der Waals surface area (Å²) in [5, 5.41) is 3.75. The zero-order valence-corrected chi connectivity index (χ0v) is 14.4. The van der Waals surface area contributed by atoms with Crippen LogP contribution in [0.3, 0.4) is 0 Å². The number of nitrogens with one attached hydrogen (secondary N) is 1. The number of hydrogen-bond acceptors (Lipinski definition) is 5. The average molecular weight is 360 g/mol. The summed E-state index contributed by atoms with van der Waals surface area (Å²) in [6.07, 6.45) is 1.73. The lowest BCUT2D eigenvalue weighted by atomic mass is 10.2. The minimum absolute atomic E-state index is 0.179. The van der Waals surface area contributed by atoms with Crippen LogP contribution in [0, 0.1) is 11.8 Å². The number of para-hydroxylation sites is 1. The molecule has 6 heteroatoms. The molecule has 0 saturated heterocycles. The standard InChI is InChI=1S/C21H16N2O4/c24-21(16-8-9-17-19(13-16)27-14-26-17)23-10-1-2-12-25-18-7-3-5-15-6-4-11-22-20(15)18/h3-9,11,13H,10,12,14H2,(H,23,24). The van der Waals surface area contributed by atoms with Crippen LogP contribution >= 0.6 is 0 Å². The molecule has 27 heavy (non-hydrogen) atoms. The first-order valence-electron chi connectivity index (χ1n) is 8.41. The van der Waals surface area contributed by atoms with Gasteiger partial charge in [-0.25, -0.2) is 0 Å². The van der Waals surface area contributed by atoms with Crippen molar-refractivity contribution in [1.29, 1.82) is 0 Å². The van der Waals surface area contributed by atoms with Gasteiger partial charge in [0.2, 0.25) is 6.79 Å². The number of amides is 1. The van der Waals surface area contributed by atoms with Crippen molar-refractivity contribution in [2.45, 2.75) is 0 Å². The van der Waals surface area contributed by atoms with Crippen molar-refractivity contribution in [1.82, 2.24) is 10.3 Å². The van der Waals surface area contributed by atoms with Crippen LogP contribution in [0.2, 0.25) is 0 Å². The third-order valence-corrected chi connectivity index (χ3v) is 3.99. The molecule has 0 fully saturated rings. The first-order valence-corrected chi connectivity index (χ1v) is 8.41. The van der Waals surface area contributed by atoms with Crippen LogP contribution in [0.25, 0.3) is 10.9 Å². The molecule has 134 valence electrons. The molecule has 0 aliphatic carbocycles. The summed E-state index contributed by atoms with van der Waals surface area (Å²) < 4.78 is 16.2. The van der Waals surface area contributed by atoms with E-state index in [1.807, 2.05) is 30.3 Å². The third kappa shape index (κ3) is 3.77. The van der Waals surface area contributed by atoms with Gasteiger partial charge in [-0.05, 0) is 30.3 Å². The van der Waals surface area contributed by atoms with Gasteiger partial charge in [0.1, 0.15) is 17.9 Å². The monoisotopic (exact) mass is 360 g/mol. The summed E-state index contributed by atoms with van der Waals surface area (Å²) in [7, 11) is 0. The van der Waals surface area contributed by atoms with E-state index in [9.17, 15) is 4.79 Å². The van der Waals surface area contributed by atoms with Gasteiger partial charge in [0.15, 0.2) is 11.5 Å². The molecule has 0 radical (unpaired) electrons. The van der Waals surface area contributed by atoms with Gasteiger partial charge >= 0.3 is 0 Å². The van der Waals surface area contributed by atoms with Crippen molar-refractivity contribution in [2.24, 2.45) is 0 Å². The molecule has 2 heterocycles. The number of pyridine rings is 1. The van der Waals surface area contributed by atoms with Crippen molar-refractivity contribution >= 4 is 16.8 Å². The van der Waals surface area contributed by atoms with Gasteiger partial charge < -0.3 is 19.5 Å². The van der Waals surface area contributed by atoms with Gasteiger partial charge in [0, 0.05) is 17.1 Å². The molecule has 1 aliphatic rings. The lowest BCUT2D eigenvalue weighted by Gasteiger charge is -2.05. The van der Waals surface area contributed by atoms with E-state index >= 15 is 0 Å². The van der Waals surface area contributed by atoms with E-state index in [2.05, 4.69) is 22.1 Å². The molecule has 1 amide bonds. The minimum atomic E-state index is -0.221. The fourth-order valence-electron chi connectivity index (χ4n) is 2.68. The second kappa shape index (κ2) is 7.67. The number of fused-ring (bicyclic) bond motifs is 2. The average Bonchev–Trinajstić information content (AvgIpc) is 3.18. The lowest BCUT2D eigenvalue weighted by molar-refractivity contribution is 0.0958. The first kappa shape index (κ1) is 16.7. The number of carbonyl (C=O) groups is 1. The van der Waals surface area contributed by atoms with E-state index in [-0.39, 0.29) is 25.9 Å². The van der Waals surface area contributed by atoms with E-state index in [0.717, 1.165) is 10.9 Å². The Morgan fingerprint density at radius 2 is 2.00 bits per heavy atom. The molecule has 1 aromatic heterocycles. The van der Waals surface area contributed by atoms with Crippen LogP contribution in [0.4, 0.5) is 0 Å². The smallest absolute Gasteiger partial charge is 0.252 e. The number of aromatic nitrogens is 1. The largest absolute Gasteiger partial charge is 0.479 e. The predicted octanol–water partition coefficient (Wildman–Crippen LogP) is 2.78. The molecule has 1 aliphatic heterocycles. The van der Waals surface area contributed by atoms with E-state index in [1.54, 1.807) is 24.4 Å². The van der Waals surface area contributed by atoms with E-state index < -0.39 is 0 Å². The van der Waals surface area contributed by atoms with Crippen LogP contribution in [0.1, 0.15) is 10.4 Å². The molecule has 1 N–H and O–H groups in total. The maximum absolute atomic E-state index is 12.1. The van der Waals surface area contributed by atoms with E-state index in [0.29, 0.717) is 22.8 Å². The number of carbonyl (C=O) groups excluding carboxylic acids is 1. The number of hydrogen-bond donors (Lipinski definition) is 1. The Kier molecular flexibility index (Phi) is 4.75. The van der Waals surface area contributed by atoms with Crippen molar-refractivity contribution in [3.63, 3.8) is 0 Å². The zero-order chi connectivity index (χ0) is 18.5. The molecule has 2 aromatic carbocycles. The highest BCUT2D eigenvalue weighted by atomic mass is 16.7. The Morgan fingerprint density at radius 3 is 2.96 bits per heavy atom. The molecular formula is C21H16N2O4. The van der Waals surface area contributed by atoms with Gasteiger partial charge in [-0.2, -0.15) is 0 Å². The molecule has 0 atom stereocenters. The summed E-state index contributed by atoms with van der Waals surface area (Å²) >= 11 is 0. The van der Waals surface area contributed by atoms with Gasteiger partial charge in [-0.1, -0.05) is 30.0 Å². The fourth-order valence-corrected chi connectivity index (χ4v) is 2.68. The molecule has 3 aromatic rings. The Balaban J connectivity index is 1.29. The molecule has 0 bridgehead atoms. The summed E-state index contributed by atoms with van der Waals surface area (Å²) in [5.41, 5.74) is 1.30. The third-order valence-electron chi connectivity index (χ3n) is 3.99. The van der Waals surface area contributed by atoms with Crippen molar-refractivity contribution in [2.75, 3.05) is 19.9 Å². The summed E-state index contributed by atoms with van der Waals surface area (Å²) in [5.74, 6) is 7.45. The normalized spacial score (nSPS) is 11.6. The second-order valence-electron chi connectivity index (χ2n) is 5.72. The number of benzene rings is 2. The Hall–Kier alpha value is -3.72. The Bertz CT molecular complexity index is 1050. The van der Waals surface area contributed by atoms with Crippen molar-refractivity contribution in [3.05, 3.63) is 60.3 Å². The molecule has 6 nitrogen and oxygen atoms in total. The van der Waals surface area contributed by atoms with Gasteiger partial charge in [0.25, 0.3) is 5.91 Å². The van der Waals surface area contributed by atoms with Gasteiger partial charge in [-0.3, -0.25) is 9.78 Å². The topological polar surface area (TPSA) is 69.7 Å². The minimum Gasteiger partial charge on any atom is -0.479 e. The fraction of sp³-hybridized carbons (Fsp3) is 0.143. The predicted molar refractivity (Wildman–Crippen MR) is 99.9 cm³/mol. The molecule has 0 unspecified atom stereocenters. The second-order valence-corrected chi connectivity index (χ2v) is 5.72. The van der Waals surface area contributed by atoms with Crippen LogP contribution in [-0.2, 0) is 0 Å². The SMILES string of the molecule is O=C(NCC#CCOc1cccc2cccnc12)c1ccc2c(c1)OCO2. The molecule has 0 saturated carbocycles. The first-order chi connectivity index (χ1) is 13.3. The molecular weight excluding hydrogens is 344 g/mol. The quantitative estimate of drug-likeness (QED) is 0.725. The Labute approximate surface area is 156 Å². The summed E-state index contributed by atoms with van der Waals surface area (Å²) in [6, 6.07) is 14.7. The zero-order valence-electron chi connectivity index (χ0n) is 14.4. The van der Waals surface area contributed by atoms with Crippen LogP contribution in [0.15, 0.2) is 54.7 Å². The van der Waals surface area contributed by atoms with Gasteiger partial charge in [-0.15, -0.1) is 0 Å². The van der Waals surface area contributed by atoms with Crippen LogP contribution in [-0.4, -0.2) is 30.8 Å². The van der Waals surface area contributed by atoms with Crippen molar-refractivity contribution in [3.8, 4) is 29.1 Å². The van der Waals surface area contributed by atoms with Crippen LogP contribution < -0.4 is 19.5 Å². The Morgan fingerprint density at radius 1 is 1.11 bits per heavy atom. The summed E-state index contributed by atoms with van der Waals surface area (Å²) in [6.45, 7) is 0.623. The highest BCUT2D eigenvalue weighted by Gasteiger charge is 2.15. The van der Waals surface area contributed by atoms with Gasteiger partial charge in [0.05, 0.1) is 6.54 Å². The highest BCUT2D eigenvalue weighted by molar-refractivity contribution is 5.95. The number of nitrogens with zero attached hydrogens (tertiary/aromatic N) is 1. The van der Waals surface area contributed by atoms with E-state index in [4.69, 9.17) is 14.2 Å². The number of rotatable bonds is 4. The maximum Gasteiger partial charge on any atom is 0.252 e.